The Balaban J connectivity index is 1.59. The summed E-state index contributed by atoms with van der Waals surface area (Å²) in [6.45, 7) is 0.799. The van der Waals surface area contributed by atoms with E-state index in [4.69, 9.17) is 0 Å². The number of amides is 2. The third-order valence-electron chi connectivity index (χ3n) is 6.25. The van der Waals surface area contributed by atoms with Gasteiger partial charge in [0.2, 0.25) is 11.8 Å². The van der Waals surface area contributed by atoms with Crippen molar-refractivity contribution >= 4 is 11.8 Å². The summed E-state index contributed by atoms with van der Waals surface area (Å²) in [4.78, 5) is 29.1. The molecule has 0 aliphatic rings. The minimum atomic E-state index is -0.625. The van der Waals surface area contributed by atoms with Crippen molar-refractivity contribution in [1.29, 1.82) is 0 Å². The number of hydrogen-bond donors (Lipinski definition) is 1. The fraction of sp³-hybridized carbons (Fsp3) is 0.188. The molecule has 0 bridgehead atoms. The van der Waals surface area contributed by atoms with Crippen LogP contribution in [0.1, 0.15) is 28.7 Å². The third kappa shape index (κ3) is 7.41. The molecule has 0 aliphatic heterocycles. The molecule has 1 atom stereocenters. The standard InChI is InChI=1S/C32H32N2O2/c35-31(22-21-26-13-5-1-6-14-26)34(25-29-19-11-4-12-20-29)30(23-27-15-7-2-8-16-27)32(36)33-24-28-17-9-3-10-18-28/h1-20,30H,21-25H2,(H,33,36)/t30-/m0/s1. The molecule has 0 spiro atoms. The summed E-state index contributed by atoms with van der Waals surface area (Å²) >= 11 is 0. The van der Waals surface area contributed by atoms with Crippen molar-refractivity contribution in [2.75, 3.05) is 0 Å². The Kier molecular flexibility index (Phi) is 9.04. The zero-order chi connectivity index (χ0) is 25.0. The molecule has 0 radical (unpaired) electrons. The van der Waals surface area contributed by atoms with Crippen LogP contribution in [0, 0.1) is 0 Å². The average molecular weight is 477 g/mol. The number of rotatable bonds is 11. The van der Waals surface area contributed by atoms with E-state index in [1.807, 2.05) is 121 Å². The van der Waals surface area contributed by atoms with Gasteiger partial charge in [0.1, 0.15) is 6.04 Å². The van der Waals surface area contributed by atoms with E-state index in [0.717, 1.165) is 22.3 Å². The van der Waals surface area contributed by atoms with Crippen molar-refractivity contribution in [2.24, 2.45) is 0 Å². The highest BCUT2D eigenvalue weighted by atomic mass is 16.2. The quantitative estimate of drug-likeness (QED) is 0.307. The molecule has 4 heteroatoms. The van der Waals surface area contributed by atoms with E-state index in [1.54, 1.807) is 4.90 Å². The molecular formula is C32H32N2O2. The van der Waals surface area contributed by atoms with E-state index >= 15 is 0 Å². The minimum absolute atomic E-state index is 0.0292. The molecule has 0 aliphatic carbocycles. The molecule has 2 amide bonds. The number of carbonyl (C=O) groups is 2. The molecule has 4 aromatic carbocycles. The van der Waals surface area contributed by atoms with Gasteiger partial charge in [0.15, 0.2) is 0 Å². The lowest BCUT2D eigenvalue weighted by Gasteiger charge is -2.31. The van der Waals surface area contributed by atoms with Gasteiger partial charge in [-0.2, -0.15) is 0 Å². The van der Waals surface area contributed by atoms with Crippen LogP contribution in [-0.4, -0.2) is 22.8 Å². The number of nitrogens with one attached hydrogen (secondary N) is 1. The summed E-state index contributed by atoms with van der Waals surface area (Å²) in [7, 11) is 0. The minimum Gasteiger partial charge on any atom is -0.350 e. The zero-order valence-electron chi connectivity index (χ0n) is 20.4. The predicted octanol–water partition coefficient (Wildman–Crippen LogP) is 5.58. The summed E-state index contributed by atoms with van der Waals surface area (Å²) in [5.74, 6) is -0.176. The van der Waals surface area contributed by atoms with Crippen LogP contribution in [-0.2, 0) is 35.5 Å². The normalized spacial score (nSPS) is 11.4. The molecule has 36 heavy (non-hydrogen) atoms. The van der Waals surface area contributed by atoms with Gasteiger partial charge in [0.25, 0.3) is 0 Å². The smallest absolute Gasteiger partial charge is 0.243 e. The monoisotopic (exact) mass is 476 g/mol. The molecule has 0 fully saturated rings. The van der Waals surface area contributed by atoms with E-state index in [1.165, 1.54) is 0 Å². The molecule has 0 heterocycles. The second-order valence-corrected chi connectivity index (χ2v) is 8.90. The van der Waals surface area contributed by atoms with Gasteiger partial charge in [-0.25, -0.2) is 0 Å². The fourth-order valence-corrected chi connectivity index (χ4v) is 4.28. The molecule has 182 valence electrons. The molecule has 1 N–H and O–H groups in total. The SMILES string of the molecule is O=C(NCc1ccccc1)[C@H](Cc1ccccc1)N(Cc1ccccc1)C(=O)CCc1ccccc1. The van der Waals surface area contributed by atoms with Gasteiger partial charge in [-0.3, -0.25) is 9.59 Å². The van der Waals surface area contributed by atoms with Crippen LogP contribution >= 0.6 is 0 Å². The van der Waals surface area contributed by atoms with Crippen LogP contribution < -0.4 is 5.32 Å². The van der Waals surface area contributed by atoms with Crippen molar-refractivity contribution < 1.29 is 9.59 Å². The molecular weight excluding hydrogens is 444 g/mol. The van der Waals surface area contributed by atoms with Crippen LogP contribution in [0.3, 0.4) is 0 Å². The largest absolute Gasteiger partial charge is 0.350 e. The van der Waals surface area contributed by atoms with E-state index in [9.17, 15) is 9.59 Å². The highest BCUT2D eigenvalue weighted by Crippen LogP contribution is 2.17. The van der Waals surface area contributed by atoms with Gasteiger partial charge in [-0.1, -0.05) is 121 Å². The van der Waals surface area contributed by atoms with Gasteiger partial charge >= 0.3 is 0 Å². The van der Waals surface area contributed by atoms with Crippen LogP contribution in [0.4, 0.5) is 0 Å². The third-order valence-corrected chi connectivity index (χ3v) is 6.25. The Morgan fingerprint density at radius 2 is 1.08 bits per heavy atom. The van der Waals surface area contributed by atoms with E-state index in [0.29, 0.717) is 32.4 Å². The first-order chi connectivity index (χ1) is 17.7. The maximum atomic E-state index is 13.7. The number of hydrogen-bond acceptors (Lipinski definition) is 2. The Morgan fingerprint density at radius 1 is 0.611 bits per heavy atom. The van der Waals surface area contributed by atoms with Crippen molar-refractivity contribution in [3.63, 3.8) is 0 Å². The van der Waals surface area contributed by atoms with Crippen molar-refractivity contribution in [1.82, 2.24) is 10.2 Å². The molecule has 0 unspecified atom stereocenters. The maximum Gasteiger partial charge on any atom is 0.243 e. The van der Waals surface area contributed by atoms with Crippen molar-refractivity contribution in [2.45, 2.75) is 38.4 Å². The Hall–Kier alpha value is -4.18. The summed E-state index contributed by atoms with van der Waals surface area (Å²) in [5, 5.41) is 3.08. The Bertz CT molecular complexity index is 1110. The van der Waals surface area contributed by atoms with Gasteiger partial charge < -0.3 is 10.2 Å². The summed E-state index contributed by atoms with van der Waals surface area (Å²) in [5.41, 5.74) is 4.15. The lowest BCUT2D eigenvalue weighted by molar-refractivity contribution is -0.141. The van der Waals surface area contributed by atoms with Gasteiger partial charge in [-0.05, 0) is 28.7 Å². The highest BCUT2D eigenvalue weighted by molar-refractivity contribution is 5.88. The maximum absolute atomic E-state index is 13.7. The van der Waals surface area contributed by atoms with E-state index in [2.05, 4.69) is 5.32 Å². The molecule has 0 aromatic heterocycles. The second kappa shape index (κ2) is 13.1. The van der Waals surface area contributed by atoms with Gasteiger partial charge in [0, 0.05) is 25.9 Å². The lowest BCUT2D eigenvalue weighted by atomic mass is 10.0. The number of nitrogens with zero attached hydrogens (tertiary/aromatic N) is 1. The van der Waals surface area contributed by atoms with Crippen molar-refractivity contribution in [3.05, 3.63) is 144 Å². The fourth-order valence-electron chi connectivity index (χ4n) is 4.28. The second-order valence-electron chi connectivity index (χ2n) is 8.90. The van der Waals surface area contributed by atoms with E-state index in [-0.39, 0.29) is 11.8 Å². The molecule has 0 saturated carbocycles. The van der Waals surface area contributed by atoms with E-state index < -0.39 is 6.04 Å². The topological polar surface area (TPSA) is 49.4 Å². The molecule has 0 saturated heterocycles. The zero-order valence-corrected chi connectivity index (χ0v) is 20.4. The summed E-state index contributed by atoms with van der Waals surface area (Å²) in [6.07, 6.45) is 1.42. The molecule has 4 rings (SSSR count). The number of carbonyl (C=O) groups excluding carboxylic acids is 2. The summed E-state index contributed by atoms with van der Waals surface area (Å²) in [6, 6.07) is 39.0. The van der Waals surface area contributed by atoms with Gasteiger partial charge in [0.05, 0.1) is 0 Å². The van der Waals surface area contributed by atoms with Crippen LogP contribution in [0.2, 0.25) is 0 Å². The number of benzene rings is 4. The number of aryl methyl sites for hydroxylation is 1. The first-order valence-corrected chi connectivity index (χ1v) is 12.4. The first kappa shape index (κ1) is 24.9. The first-order valence-electron chi connectivity index (χ1n) is 12.4. The molecule has 4 nitrogen and oxygen atoms in total. The molecule has 4 aromatic rings. The van der Waals surface area contributed by atoms with Crippen LogP contribution in [0.15, 0.2) is 121 Å². The Labute approximate surface area is 213 Å². The predicted molar refractivity (Wildman–Crippen MR) is 144 cm³/mol. The Morgan fingerprint density at radius 3 is 1.64 bits per heavy atom. The van der Waals surface area contributed by atoms with Crippen molar-refractivity contribution in [3.8, 4) is 0 Å². The van der Waals surface area contributed by atoms with Gasteiger partial charge in [-0.15, -0.1) is 0 Å². The lowest BCUT2D eigenvalue weighted by Crippen LogP contribution is -2.50. The average Bonchev–Trinajstić information content (AvgIpc) is 2.94. The van der Waals surface area contributed by atoms with Crippen LogP contribution in [0.5, 0.6) is 0 Å². The summed E-state index contributed by atoms with van der Waals surface area (Å²) < 4.78 is 0. The van der Waals surface area contributed by atoms with Crippen LogP contribution in [0.25, 0.3) is 0 Å². The highest BCUT2D eigenvalue weighted by Gasteiger charge is 2.30.